The molecule has 0 unspecified atom stereocenters. The van der Waals surface area contributed by atoms with Crippen molar-refractivity contribution in [2.45, 2.75) is 12.8 Å². The lowest BCUT2D eigenvalue weighted by Gasteiger charge is -2.30. The fourth-order valence-electron chi connectivity index (χ4n) is 2.71. The Balaban J connectivity index is 1.85. The molecule has 2 aliphatic rings. The molecule has 0 N–H and O–H groups in total. The van der Waals surface area contributed by atoms with Gasteiger partial charge in [-0.1, -0.05) is 35.3 Å². The molecule has 0 radical (unpaired) electrons. The number of nitrogens with zero attached hydrogens (tertiary/aromatic N) is 1. The van der Waals surface area contributed by atoms with Crippen LogP contribution in [0.4, 0.5) is 0 Å². The first-order valence-corrected chi connectivity index (χ1v) is 7.68. The van der Waals surface area contributed by atoms with Crippen molar-refractivity contribution >= 4 is 29.3 Å². The highest BCUT2D eigenvalue weighted by atomic mass is 35.5. The lowest BCUT2D eigenvalue weighted by atomic mass is 10.1. The van der Waals surface area contributed by atoms with E-state index in [1.165, 1.54) is 11.3 Å². The van der Waals surface area contributed by atoms with Gasteiger partial charge in [0.1, 0.15) is 0 Å². The molecule has 0 spiro atoms. The van der Waals surface area contributed by atoms with Gasteiger partial charge in [-0.05, 0) is 42.2 Å². The predicted molar refractivity (Wildman–Crippen MR) is 84.1 cm³/mol. The standard InChI is InChI=1S/C16H17Cl2NO/c17-14-5-4-12(15(18)11-14)10-13-2-1-3-16(13)19-6-8-20-9-7-19/h3-5,10-11H,1-2,6-9H2/b13-10-. The first-order valence-electron chi connectivity index (χ1n) is 6.93. The van der Waals surface area contributed by atoms with Crippen LogP contribution in [0.1, 0.15) is 18.4 Å². The summed E-state index contributed by atoms with van der Waals surface area (Å²) >= 11 is 12.2. The van der Waals surface area contributed by atoms with Gasteiger partial charge >= 0.3 is 0 Å². The van der Waals surface area contributed by atoms with Gasteiger partial charge < -0.3 is 9.64 Å². The van der Waals surface area contributed by atoms with Gasteiger partial charge in [0.25, 0.3) is 0 Å². The van der Waals surface area contributed by atoms with Crippen LogP contribution >= 0.6 is 23.2 Å². The molecule has 1 heterocycles. The molecule has 20 heavy (non-hydrogen) atoms. The zero-order valence-corrected chi connectivity index (χ0v) is 12.8. The smallest absolute Gasteiger partial charge is 0.0642 e. The summed E-state index contributed by atoms with van der Waals surface area (Å²) < 4.78 is 5.42. The molecule has 1 aliphatic heterocycles. The molecule has 0 saturated carbocycles. The number of benzene rings is 1. The van der Waals surface area contributed by atoms with Gasteiger partial charge in [0.05, 0.1) is 13.2 Å². The number of rotatable bonds is 2. The number of morpholine rings is 1. The Morgan fingerprint density at radius 2 is 1.95 bits per heavy atom. The van der Waals surface area contributed by atoms with E-state index in [1.54, 1.807) is 6.07 Å². The van der Waals surface area contributed by atoms with Crippen LogP contribution < -0.4 is 0 Å². The molecule has 2 nitrogen and oxygen atoms in total. The van der Waals surface area contributed by atoms with Crippen LogP contribution in [0.2, 0.25) is 10.0 Å². The van der Waals surface area contributed by atoms with Crippen molar-refractivity contribution in [1.29, 1.82) is 0 Å². The third-order valence-corrected chi connectivity index (χ3v) is 4.29. The van der Waals surface area contributed by atoms with E-state index in [0.29, 0.717) is 10.0 Å². The van der Waals surface area contributed by atoms with E-state index in [4.69, 9.17) is 27.9 Å². The van der Waals surface area contributed by atoms with Crippen molar-refractivity contribution in [1.82, 2.24) is 4.90 Å². The highest BCUT2D eigenvalue weighted by Crippen LogP contribution is 2.32. The van der Waals surface area contributed by atoms with Crippen molar-refractivity contribution in [2.24, 2.45) is 0 Å². The summed E-state index contributed by atoms with van der Waals surface area (Å²) in [4.78, 5) is 2.41. The third kappa shape index (κ3) is 3.03. The summed E-state index contributed by atoms with van der Waals surface area (Å²) in [6, 6.07) is 5.66. The highest BCUT2D eigenvalue weighted by Gasteiger charge is 2.20. The van der Waals surface area contributed by atoms with Crippen molar-refractivity contribution in [3.05, 3.63) is 51.2 Å². The first kappa shape index (κ1) is 14.0. The van der Waals surface area contributed by atoms with Crippen molar-refractivity contribution in [3.8, 4) is 0 Å². The molecular weight excluding hydrogens is 293 g/mol. The normalized spacial score (nSPS) is 21.4. The molecule has 1 aromatic rings. The topological polar surface area (TPSA) is 12.5 Å². The summed E-state index contributed by atoms with van der Waals surface area (Å²) in [6.45, 7) is 3.56. The lowest BCUT2D eigenvalue weighted by molar-refractivity contribution is 0.0550. The van der Waals surface area contributed by atoms with Crippen molar-refractivity contribution < 1.29 is 4.74 Å². The van der Waals surface area contributed by atoms with Crippen LogP contribution in [0.3, 0.4) is 0 Å². The van der Waals surface area contributed by atoms with E-state index in [0.717, 1.165) is 44.7 Å². The van der Waals surface area contributed by atoms with Gasteiger partial charge in [0, 0.05) is 28.8 Å². The minimum Gasteiger partial charge on any atom is -0.378 e. The molecule has 0 bridgehead atoms. The largest absolute Gasteiger partial charge is 0.378 e. The summed E-state index contributed by atoms with van der Waals surface area (Å²) in [5.74, 6) is 0. The molecule has 0 aromatic heterocycles. The average molecular weight is 310 g/mol. The molecule has 0 atom stereocenters. The quantitative estimate of drug-likeness (QED) is 0.803. The monoisotopic (exact) mass is 309 g/mol. The highest BCUT2D eigenvalue weighted by molar-refractivity contribution is 6.35. The number of hydrogen-bond donors (Lipinski definition) is 0. The molecule has 1 fully saturated rings. The van der Waals surface area contributed by atoms with Crippen LogP contribution in [0.5, 0.6) is 0 Å². The average Bonchev–Trinajstić information content (AvgIpc) is 2.91. The lowest BCUT2D eigenvalue weighted by Crippen LogP contribution is -2.35. The number of ether oxygens (including phenoxy) is 1. The van der Waals surface area contributed by atoms with E-state index < -0.39 is 0 Å². The second-order valence-electron chi connectivity index (χ2n) is 5.06. The molecule has 4 heteroatoms. The zero-order chi connectivity index (χ0) is 13.9. The van der Waals surface area contributed by atoms with Gasteiger partial charge in [-0.15, -0.1) is 0 Å². The molecule has 3 rings (SSSR count). The molecule has 106 valence electrons. The van der Waals surface area contributed by atoms with Gasteiger partial charge in [-0.2, -0.15) is 0 Å². The SMILES string of the molecule is Clc1ccc(/C=C2/CCC=C2N2CCOCC2)c(Cl)c1. The summed E-state index contributed by atoms with van der Waals surface area (Å²) in [5.41, 5.74) is 3.74. The Labute approximate surface area is 129 Å². The molecule has 0 amide bonds. The molecular formula is C16H17Cl2NO. The second-order valence-corrected chi connectivity index (χ2v) is 5.91. The Morgan fingerprint density at radius 3 is 2.70 bits per heavy atom. The molecule has 1 aliphatic carbocycles. The minimum atomic E-state index is 0.674. The van der Waals surface area contributed by atoms with Crippen LogP contribution in [-0.4, -0.2) is 31.2 Å². The van der Waals surface area contributed by atoms with Crippen LogP contribution in [-0.2, 0) is 4.74 Å². The van der Waals surface area contributed by atoms with Gasteiger partial charge in [-0.25, -0.2) is 0 Å². The molecule has 1 aromatic carbocycles. The summed E-state index contributed by atoms with van der Waals surface area (Å²) in [6.07, 6.45) is 6.68. The third-order valence-electron chi connectivity index (χ3n) is 3.72. The zero-order valence-electron chi connectivity index (χ0n) is 11.2. The number of hydrogen-bond acceptors (Lipinski definition) is 2. The maximum Gasteiger partial charge on any atom is 0.0642 e. The summed E-state index contributed by atoms with van der Waals surface area (Å²) in [7, 11) is 0. The van der Waals surface area contributed by atoms with E-state index in [9.17, 15) is 0 Å². The Kier molecular flexibility index (Phi) is 4.35. The molecule has 1 saturated heterocycles. The van der Waals surface area contributed by atoms with Crippen LogP contribution in [0.15, 0.2) is 35.5 Å². The minimum absolute atomic E-state index is 0.674. The van der Waals surface area contributed by atoms with Crippen molar-refractivity contribution in [2.75, 3.05) is 26.3 Å². The van der Waals surface area contributed by atoms with Crippen LogP contribution in [0.25, 0.3) is 6.08 Å². The second kappa shape index (κ2) is 6.21. The van der Waals surface area contributed by atoms with E-state index in [1.807, 2.05) is 12.1 Å². The Morgan fingerprint density at radius 1 is 1.15 bits per heavy atom. The van der Waals surface area contributed by atoms with Crippen LogP contribution in [0, 0.1) is 0 Å². The van der Waals surface area contributed by atoms with Gasteiger partial charge in [0.2, 0.25) is 0 Å². The number of allylic oxidation sites excluding steroid dienone is 2. The van der Waals surface area contributed by atoms with Gasteiger partial charge in [0.15, 0.2) is 0 Å². The number of halogens is 2. The predicted octanol–water partition coefficient (Wildman–Crippen LogP) is 4.39. The van der Waals surface area contributed by atoms with E-state index >= 15 is 0 Å². The van der Waals surface area contributed by atoms with Gasteiger partial charge in [-0.3, -0.25) is 0 Å². The van der Waals surface area contributed by atoms with E-state index in [-0.39, 0.29) is 0 Å². The first-order chi connectivity index (χ1) is 9.74. The van der Waals surface area contributed by atoms with Crippen molar-refractivity contribution in [3.63, 3.8) is 0 Å². The van der Waals surface area contributed by atoms with E-state index in [2.05, 4.69) is 17.1 Å². The fraction of sp³-hybridized carbons (Fsp3) is 0.375. The summed E-state index contributed by atoms with van der Waals surface area (Å²) in [5, 5.41) is 1.38. The fourth-order valence-corrected chi connectivity index (χ4v) is 3.18. The Hall–Kier alpha value is -0.960. The maximum atomic E-state index is 6.26. The maximum absolute atomic E-state index is 6.26. The Bertz CT molecular complexity index is 560.